The van der Waals surface area contributed by atoms with E-state index >= 15 is 0 Å². The summed E-state index contributed by atoms with van der Waals surface area (Å²) in [5.41, 5.74) is 5.79. The molecule has 0 fully saturated rings. The van der Waals surface area contributed by atoms with Crippen LogP contribution in [0.5, 0.6) is 0 Å². The Morgan fingerprint density at radius 3 is 2.75 bits per heavy atom. The summed E-state index contributed by atoms with van der Waals surface area (Å²) >= 11 is 0. The summed E-state index contributed by atoms with van der Waals surface area (Å²) in [5, 5.41) is 9.20. The van der Waals surface area contributed by atoms with Crippen LogP contribution in [0, 0.1) is 11.6 Å². The number of rotatable bonds is 4. The Balaban J connectivity index is 1.79. The van der Waals surface area contributed by atoms with Crippen LogP contribution in [0.4, 0.5) is 27.6 Å². The molecule has 0 amide bonds. The summed E-state index contributed by atoms with van der Waals surface area (Å²) in [6, 6.07) is 3.05. The van der Waals surface area contributed by atoms with E-state index < -0.39 is 30.0 Å². The van der Waals surface area contributed by atoms with Gasteiger partial charge in [-0.3, -0.25) is 4.68 Å². The van der Waals surface area contributed by atoms with E-state index in [1.54, 1.807) is 6.92 Å². The van der Waals surface area contributed by atoms with E-state index in [1.165, 1.54) is 12.4 Å². The molecule has 0 spiro atoms. The second-order valence-corrected chi connectivity index (χ2v) is 6.44. The van der Waals surface area contributed by atoms with Crippen LogP contribution in [-0.2, 0) is 13.0 Å². The molecule has 4 N–H and O–H groups in total. The average Bonchev–Trinajstić information content (AvgIpc) is 2.99. The number of aliphatic imine (C=N–C) groups is 1. The number of benzene rings is 1. The van der Waals surface area contributed by atoms with Gasteiger partial charge in [-0.05, 0) is 36.3 Å². The first-order valence-electron chi connectivity index (χ1n) is 8.17. The van der Waals surface area contributed by atoms with Gasteiger partial charge in [-0.1, -0.05) is 0 Å². The maximum Gasteiger partial charge on any atom is 0.408 e. The number of aromatic nitrogens is 2. The van der Waals surface area contributed by atoms with Gasteiger partial charge in [0.15, 0.2) is 0 Å². The molecule has 0 radical (unpaired) electrons. The van der Waals surface area contributed by atoms with Crippen LogP contribution < -0.4 is 16.4 Å². The summed E-state index contributed by atoms with van der Waals surface area (Å²) in [4.78, 5) is 4.30. The zero-order valence-corrected chi connectivity index (χ0v) is 14.7. The Labute approximate surface area is 156 Å². The number of anilines is 1. The molecular weight excluding hydrogens is 383 g/mol. The van der Waals surface area contributed by atoms with Crippen LogP contribution in [0.2, 0.25) is 0 Å². The smallest absolute Gasteiger partial charge is 0.333 e. The third-order valence-electron chi connectivity index (χ3n) is 4.12. The van der Waals surface area contributed by atoms with Gasteiger partial charge in [-0.25, -0.2) is 13.8 Å². The second kappa shape index (κ2) is 7.23. The highest BCUT2D eigenvalue weighted by molar-refractivity contribution is 5.95. The fraction of sp³-hybridized carbons (Fsp3) is 0.294. The number of nitrogens with zero attached hydrogens (tertiary/aromatic N) is 3. The van der Waals surface area contributed by atoms with E-state index in [0.29, 0.717) is 5.57 Å². The lowest BCUT2D eigenvalue weighted by Crippen LogP contribution is -2.48. The van der Waals surface area contributed by atoms with E-state index in [-0.39, 0.29) is 23.6 Å². The van der Waals surface area contributed by atoms with Crippen molar-refractivity contribution >= 4 is 11.6 Å². The van der Waals surface area contributed by atoms with Crippen LogP contribution in [0.3, 0.4) is 0 Å². The first kappa shape index (κ1) is 19.8. The third-order valence-corrected chi connectivity index (χ3v) is 4.12. The Morgan fingerprint density at radius 1 is 1.29 bits per heavy atom. The number of alkyl halides is 3. The van der Waals surface area contributed by atoms with Gasteiger partial charge in [0.25, 0.3) is 0 Å². The van der Waals surface area contributed by atoms with Gasteiger partial charge >= 0.3 is 6.18 Å². The molecule has 0 aliphatic carbocycles. The van der Waals surface area contributed by atoms with Gasteiger partial charge in [0.2, 0.25) is 5.96 Å². The molecule has 1 aromatic heterocycles. The third kappa shape index (κ3) is 4.66. The van der Waals surface area contributed by atoms with Crippen molar-refractivity contribution in [3.63, 3.8) is 0 Å². The van der Waals surface area contributed by atoms with Crippen molar-refractivity contribution in [2.75, 3.05) is 5.32 Å². The molecule has 0 bridgehead atoms. The van der Waals surface area contributed by atoms with Gasteiger partial charge in [-0.15, -0.1) is 0 Å². The Morgan fingerprint density at radius 2 is 2.04 bits per heavy atom. The number of hydrogen-bond acceptors (Lipinski definition) is 5. The Hall–Kier alpha value is -2.95. The van der Waals surface area contributed by atoms with Crippen molar-refractivity contribution in [2.24, 2.45) is 10.7 Å². The average molecular weight is 400 g/mol. The highest BCUT2D eigenvalue weighted by atomic mass is 19.4. The lowest BCUT2D eigenvalue weighted by atomic mass is 9.93. The normalized spacial score (nSPS) is 19.7. The molecule has 1 unspecified atom stereocenters. The molecule has 150 valence electrons. The standard InChI is InChI=1S/C17H17F5N6/c1-10-6-24-15(26-13-7-25-28(8-13)9-17(20,21)22)27-16(10,23)5-11-4-12(18)2-3-14(11)19/h2-4,6-8H,5,9,23H2,1H3,(H2,24,26,27). The maximum absolute atomic E-state index is 14.0. The van der Waals surface area contributed by atoms with Crippen molar-refractivity contribution < 1.29 is 22.0 Å². The number of nitrogens with one attached hydrogen (secondary N) is 2. The van der Waals surface area contributed by atoms with Crippen molar-refractivity contribution in [1.82, 2.24) is 15.1 Å². The first-order chi connectivity index (χ1) is 13.0. The zero-order chi connectivity index (χ0) is 20.5. The van der Waals surface area contributed by atoms with Crippen LogP contribution in [0.25, 0.3) is 0 Å². The van der Waals surface area contributed by atoms with Gasteiger partial charge in [0, 0.05) is 18.8 Å². The van der Waals surface area contributed by atoms with Gasteiger partial charge < -0.3 is 16.4 Å². The molecule has 1 atom stereocenters. The minimum absolute atomic E-state index is 0.0539. The fourth-order valence-corrected chi connectivity index (χ4v) is 2.67. The van der Waals surface area contributed by atoms with Crippen LogP contribution in [-0.4, -0.2) is 27.6 Å². The van der Waals surface area contributed by atoms with Crippen LogP contribution in [0.15, 0.2) is 47.4 Å². The molecule has 0 saturated heterocycles. The lowest BCUT2D eigenvalue weighted by molar-refractivity contribution is -0.142. The molecule has 3 rings (SSSR count). The van der Waals surface area contributed by atoms with E-state index in [1.807, 2.05) is 0 Å². The van der Waals surface area contributed by atoms with Crippen molar-refractivity contribution in [1.29, 1.82) is 0 Å². The Kier molecular flexibility index (Phi) is 5.11. The van der Waals surface area contributed by atoms with Gasteiger partial charge in [0.05, 0.1) is 11.9 Å². The summed E-state index contributed by atoms with van der Waals surface area (Å²) in [5.74, 6) is -1.08. The molecule has 6 nitrogen and oxygen atoms in total. The maximum atomic E-state index is 14.0. The lowest BCUT2D eigenvalue weighted by Gasteiger charge is -2.31. The minimum Gasteiger partial charge on any atom is -0.333 e. The van der Waals surface area contributed by atoms with Crippen molar-refractivity contribution in [3.8, 4) is 0 Å². The molecule has 2 aromatic rings. The quantitative estimate of drug-likeness (QED) is 0.690. The Bertz CT molecular complexity index is 932. The van der Waals surface area contributed by atoms with Crippen molar-refractivity contribution in [3.05, 3.63) is 59.6 Å². The van der Waals surface area contributed by atoms with E-state index in [4.69, 9.17) is 5.73 Å². The number of guanidine groups is 1. The molecule has 1 aliphatic heterocycles. The van der Waals surface area contributed by atoms with Gasteiger partial charge in [0.1, 0.15) is 23.8 Å². The monoisotopic (exact) mass is 400 g/mol. The molecule has 11 heteroatoms. The molecule has 1 aliphatic rings. The SMILES string of the molecule is CC1=CNC(Nc2cnn(CC(F)(F)F)c2)=NC1(N)Cc1cc(F)ccc1F. The van der Waals surface area contributed by atoms with Gasteiger partial charge in [-0.2, -0.15) is 18.3 Å². The van der Waals surface area contributed by atoms with Crippen LogP contribution >= 0.6 is 0 Å². The molecule has 0 saturated carbocycles. The zero-order valence-electron chi connectivity index (χ0n) is 14.7. The minimum atomic E-state index is -4.40. The molecule has 28 heavy (non-hydrogen) atoms. The summed E-state index contributed by atoms with van der Waals surface area (Å²) in [7, 11) is 0. The number of hydrogen-bond donors (Lipinski definition) is 3. The van der Waals surface area contributed by atoms with E-state index in [0.717, 1.165) is 29.1 Å². The predicted octanol–water partition coefficient (Wildman–Crippen LogP) is 2.90. The summed E-state index contributed by atoms with van der Waals surface area (Å²) in [6.45, 7) is 0.444. The highest BCUT2D eigenvalue weighted by Gasteiger charge is 2.32. The van der Waals surface area contributed by atoms with E-state index in [2.05, 4.69) is 20.7 Å². The van der Waals surface area contributed by atoms with Crippen molar-refractivity contribution in [2.45, 2.75) is 31.7 Å². The number of halogens is 5. The summed E-state index contributed by atoms with van der Waals surface area (Å²) < 4.78 is 65.4. The fourth-order valence-electron chi connectivity index (χ4n) is 2.67. The van der Waals surface area contributed by atoms with Crippen LogP contribution in [0.1, 0.15) is 12.5 Å². The largest absolute Gasteiger partial charge is 0.408 e. The predicted molar refractivity (Wildman–Crippen MR) is 93.2 cm³/mol. The number of nitrogens with two attached hydrogens (primary N) is 1. The summed E-state index contributed by atoms with van der Waals surface area (Å²) in [6.07, 6.45) is -0.615. The molecular formula is C17H17F5N6. The van der Waals surface area contributed by atoms with E-state index in [9.17, 15) is 22.0 Å². The first-order valence-corrected chi connectivity index (χ1v) is 8.17. The second-order valence-electron chi connectivity index (χ2n) is 6.44. The molecule has 2 heterocycles. The molecule has 1 aromatic carbocycles. The highest BCUT2D eigenvalue weighted by Crippen LogP contribution is 2.25. The topological polar surface area (TPSA) is 80.3 Å².